The maximum absolute atomic E-state index is 9.20. The van der Waals surface area contributed by atoms with Crippen molar-refractivity contribution in [1.82, 2.24) is 0 Å². The normalized spacial score (nSPS) is 49.2. The van der Waals surface area contributed by atoms with Crippen LogP contribution in [0.15, 0.2) is 0 Å². The highest BCUT2D eigenvalue weighted by Gasteiger charge is 2.31. The summed E-state index contributed by atoms with van der Waals surface area (Å²) in [6.07, 6.45) is -1.51. The first-order valence-corrected chi connectivity index (χ1v) is 3.38. The van der Waals surface area contributed by atoms with Gasteiger partial charge in [0.25, 0.3) is 0 Å². The SMILES string of the molecule is C[C@H]1O[C@H](O)C[C@H](N)[C@H]1O. The molecular formula is C6H13NO3. The maximum atomic E-state index is 9.20. The van der Waals surface area contributed by atoms with Crippen molar-refractivity contribution in [3.8, 4) is 0 Å². The van der Waals surface area contributed by atoms with Crippen LogP contribution in [0.3, 0.4) is 0 Å². The van der Waals surface area contributed by atoms with E-state index in [1.165, 1.54) is 0 Å². The summed E-state index contributed by atoms with van der Waals surface area (Å²) < 4.78 is 4.89. The second kappa shape index (κ2) is 2.84. The minimum absolute atomic E-state index is 0.311. The van der Waals surface area contributed by atoms with Crippen molar-refractivity contribution in [2.45, 2.75) is 37.9 Å². The third kappa shape index (κ3) is 1.46. The van der Waals surface area contributed by atoms with Gasteiger partial charge in [0.15, 0.2) is 6.29 Å². The second-order valence-electron chi connectivity index (χ2n) is 2.69. The van der Waals surface area contributed by atoms with Crippen LogP contribution in [0.5, 0.6) is 0 Å². The molecule has 1 aliphatic rings. The van der Waals surface area contributed by atoms with Gasteiger partial charge in [0.05, 0.1) is 12.2 Å². The molecule has 0 aromatic rings. The molecule has 1 saturated heterocycles. The van der Waals surface area contributed by atoms with Gasteiger partial charge in [-0.15, -0.1) is 0 Å². The van der Waals surface area contributed by atoms with Crippen LogP contribution in [-0.2, 0) is 4.74 Å². The highest BCUT2D eigenvalue weighted by molar-refractivity contribution is 4.82. The molecule has 0 saturated carbocycles. The zero-order chi connectivity index (χ0) is 7.72. The summed E-state index contributed by atoms with van der Waals surface area (Å²) >= 11 is 0. The Morgan fingerprint density at radius 2 is 2.10 bits per heavy atom. The summed E-state index contributed by atoms with van der Waals surface area (Å²) in [5.74, 6) is 0. The van der Waals surface area contributed by atoms with Crippen LogP contribution >= 0.6 is 0 Å². The first kappa shape index (κ1) is 7.94. The number of rotatable bonds is 0. The van der Waals surface area contributed by atoms with E-state index >= 15 is 0 Å². The third-order valence-electron chi connectivity index (χ3n) is 1.77. The number of aliphatic hydroxyl groups excluding tert-OH is 2. The number of nitrogens with two attached hydrogens (primary N) is 1. The van der Waals surface area contributed by atoms with Gasteiger partial charge in [-0.2, -0.15) is 0 Å². The summed E-state index contributed by atoms with van der Waals surface area (Å²) in [6, 6.07) is -0.362. The third-order valence-corrected chi connectivity index (χ3v) is 1.77. The molecule has 0 amide bonds. The molecule has 1 rings (SSSR count). The zero-order valence-electron chi connectivity index (χ0n) is 5.90. The van der Waals surface area contributed by atoms with Gasteiger partial charge < -0.3 is 20.7 Å². The Balaban J connectivity index is 2.49. The van der Waals surface area contributed by atoms with Gasteiger partial charge in [0, 0.05) is 12.5 Å². The minimum atomic E-state index is -0.812. The highest BCUT2D eigenvalue weighted by atomic mass is 16.6. The van der Waals surface area contributed by atoms with E-state index < -0.39 is 12.4 Å². The Morgan fingerprint density at radius 3 is 2.60 bits per heavy atom. The van der Waals surface area contributed by atoms with Gasteiger partial charge in [0.1, 0.15) is 0 Å². The quantitative estimate of drug-likeness (QED) is 0.402. The maximum Gasteiger partial charge on any atom is 0.156 e. The highest BCUT2D eigenvalue weighted by Crippen LogP contribution is 2.16. The number of hydrogen-bond acceptors (Lipinski definition) is 4. The molecule has 0 spiro atoms. The lowest BCUT2D eigenvalue weighted by molar-refractivity contribution is -0.198. The standard InChI is InChI=1S/C6H13NO3/c1-3-6(9)4(7)2-5(8)10-3/h3-6,8-9H,2,7H2,1H3/t3-,4+,5+,6+/m1/s1. The van der Waals surface area contributed by atoms with Gasteiger partial charge in [0.2, 0.25) is 0 Å². The number of ether oxygens (including phenoxy) is 1. The Bertz CT molecular complexity index is 108. The molecule has 4 atom stereocenters. The van der Waals surface area contributed by atoms with E-state index in [0.29, 0.717) is 6.42 Å². The van der Waals surface area contributed by atoms with Gasteiger partial charge in [-0.1, -0.05) is 0 Å². The zero-order valence-corrected chi connectivity index (χ0v) is 5.90. The number of hydrogen-bond donors (Lipinski definition) is 3. The molecule has 10 heavy (non-hydrogen) atoms. The molecule has 4 heteroatoms. The minimum Gasteiger partial charge on any atom is -0.389 e. The van der Waals surface area contributed by atoms with Crippen LogP contribution in [0.2, 0.25) is 0 Å². The van der Waals surface area contributed by atoms with Crippen molar-refractivity contribution in [2.24, 2.45) is 5.73 Å². The van der Waals surface area contributed by atoms with E-state index in [9.17, 15) is 5.11 Å². The van der Waals surface area contributed by atoms with Crippen LogP contribution < -0.4 is 5.73 Å². The number of aliphatic hydroxyl groups is 2. The van der Waals surface area contributed by atoms with Crippen molar-refractivity contribution >= 4 is 0 Å². The van der Waals surface area contributed by atoms with Crippen LogP contribution in [0.4, 0.5) is 0 Å². The Morgan fingerprint density at radius 1 is 1.50 bits per heavy atom. The molecule has 0 aromatic heterocycles. The van der Waals surface area contributed by atoms with Crippen molar-refractivity contribution in [3.63, 3.8) is 0 Å². The molecule has 1 fully saturated rings. The van der Waals surface area contributed by atoms with Crippen LogP contribution in [-0.4, -0.2) is 34.8 Å². The predicted octanol–water partition coefficient (Wildman–Crippen LogP) is -1.20. The topological polar surface area (TPSA) is 75.7 Å². The van der Waals surface area contributed by atoms with Gasteiger partial charge >= 0.3 is 0 Å². The molecule has 1 aliphatic heterocycles. The smallest absolute Gasteiger partial charge is 0.156 e. The summed E-state index contributed by atoms with van der Waals surface area (Å²) in [5.41, 5.74) is 5.47. The first-order chi connectivity index (χ1) is 4.61. The van der Waals surface area contributed by atoms with Gasteiger partial charge in [-0.25, -0.2) is 0 Å². The molecule has 0 bridgehead atoms. The lowest BCUT2D eigenvalue weighted by Gasteiger charge is -2.33. The summed E-state index contributed by atoms with van der Waals surface area (Å²) in [4.78, 5) is 0. The Labute approximate surface area is 59.6 Å². The molecule has 0 unspecified atom stereocenters. The molecule has 0 aliphatic carbocycles. The van der Waals surface area contributed by atoms with Crippen LogP contribution in [0, 0.1) is 0 Å². The molecule has 0 radical (unpaired) electrons. The van der Waals surface area contributed by atoms with Crippen molar-refractivity contribution in [2.75, 3.05) is 0 Å². The average Bonchev–Trinajstić information content (AvgIpc) is 1.82. The summed E-state index contributed by atoms with van der Waals surface area (Å²) in [6.45, 7) is 1.69. The van der Waals surface area contributed by atoms with Crippen LogP contribution in [0.1, 0.15) is 13.3 Å². The fraction of sp³-hybridized carbons (Fsp3) is 1.00. The fourth-order valence-corrected chi connectivity index (χ4v) is 1.10. The van der Waals surface area contributed by atoms with Crippen molar-refractivity contribution in [1.29, 1.82) is 0 Å². The fourth-order valence-electron chi connectivity index (χ4n) is 1.10. The lowest BCUT2D eigenvalue weighted by Crippen LogP contribution is -2.51. The first-order valence-electron chi connectivity index (χ1n) is 3.38. The summed E-state index contributed by atoms with van der Waals surface area (Å²) in [5, 5.41) is 18.2. The largest absolute Gasteiger partial charge is 0.389 e. The van der Waals surface area contributed by atoms with E-state index in [-0.39, 0.29) is 12.1 Å². The molecule has 0 aromatic carbocycles. The van der Waals surface area contributed by atoms with E-state index in [0.717, 1.165) is 0 Å². The Hall–Kier alpha value is -0.160. The lowest BCUT2D eigenvalue weighted by atomic mass is 10.0. The molecule has 4 N–H and O–H groups in total. The summed E-state index contributed by atoms with van der Waals surface area (Å²) in [7, 11) is 0. The molecule has 1 heterocycles. The van der Waals surface area contributed by atoms with E-state index in [1.807, 2.05) is 0 Å². The molecular weight excluding hydrogens is 134 g/mol. The average molecular weight is 147 g/mol. The predicted molar refractivity (Wildman–Crippen MR) is 35.2 cm³/mol. The van der Waals surface area contributed by atoms with Gasteiger partial charge in [-0.3, -0.25) is 0 Å². The Kier molecular flexibility index (Phi) is 2.25. The second-order valence-corrected chi connectivity index (χ2v) is 2.69. The van der Waals surface area contributed by atoms with Crippen molar-refractivity contribution < 1.29 is 14.9 Å². The van der Waals surface area contributed by atoms with Crippen molar-refractivity contribution in [3.05, 3.63) is 0 Å². The molecule has 4 nitrogen and oxygen atoms in total. The van der Waals surface area contributed by atoms with E-state index in [2.05, 4.69) is 0 Å². The van der Waals surface area contributed by atoms with Gasteiger partial charge in [-0.05, 0) is 6.92 Å². The van der Waals surface area contributed by atoms with E-state index in [1.54, 1.807) is 6.92 Å². The van der Waals surface area contributed by atoms with Crippen LogP contribution in [0.25, 0.3) is 0 Å². The molecule has 60 valence electrons. The monoisotopic (exact) mass is 147 g/mol. The van der Waals surface area contributed by atoms with E-state index in [4.69, 9.17) is 15.6 Å².